The van der Waals surface area contributed by atoms with E-state index in [-0.39, 0.29) is 11.9 Å². The molecule has 6 heteroatoms. The van der Waals surface area contributed by atoms with E-state index in [2.05, 4.69) is 14.1 Å². The molecule has 1 aromatic heterocycles. The molecule has 0 saturated heterocycles. The van der Waals surface area contributed by atoms with E-state index in [9.17, 15) is 4.39 Å². The first kappa shape index (κ1) is 13.3. The van der Waals surface area contributed by atoms with E-state index < -0.39 is 0 Å². The van der Waals surface area contributed by atoms with Gasteiger partial charge < -0.3 is 5.32 Å². The zero-order chi connectivity index (χ0) is 14.1. The molecule has 0 radical (unpaired) electrons. The molecule has 1 atom stereocenters. The maximum absolute atomic E-state index is 13.8. The summed E-state index contributed by atoms with van der Waals surface area (Å²) < 4.78 is 22.2. The second-order valence-corrected chi connectivity index (χ2v) is 5.38. The molecule has 0 saturated carbocycles. The quantitative estimate of drug-likeness (QED) is 0.765. The lowest BCUT2D eigenvalue weighted by Gasteiger charge is -2.17. The van der Waals surface area contributed by atoms with E-state index in [0.717, 1.165) is 17.2 Å². The van der Waals surface area contributed by atoms with Crippen molar-refractivity contribution in [1.82, 2.24) is 8.75 Å². The molecule has 0 amide bonds. The molecule has 1 heterocycles. The lowest BCUT2D eigenvalue weighted by molar-refractivity contribution is 0.600. The van der Waals surface area contributed by atoms with Crippen molar-refractivity contribution in [3.8, 4) is 0 Å². The van der Waals surface area contributed by atoms with Crippen LogP contribution in [0.4, 0.5) is 10.1 Å². The molecule has 0 aliphatic rings. The molecule has 20 heavy (non-hydrogen) atoms. The smallest absolute Gasteiger partial charge is 0.129 e. The molecule has 0 aliphatic carbocycles. The van der Waals surface area contributed by atoms with Gasteiger partial charge in [-0.15, -0.1) is 0 Å². The van der Waals surface area contributed by atoms with Crippen molar-refractivity contribution < 1.29 is 4.39 Å². The summed E-state index contributed by atoms with van der Waals surface area (Å²) in [6.07, 6.45) is 0. The number of hydrogen-bond acceptors (Lipinski definition) is 4. The molecule has 102 valence electrons. The van der Waals surface area contributed by atoms with Crippen molar-refractivity contribution >= 4 is 40.0 Å². The fraction of sp³-hybridized carbons (Fsp3) is 0.143. The number of fused-ring (bicyclic) bond motifs is 1. The predicted molar refractivity (Wildman–Crippen MR) is 80.9 cm³/mol. The van der Waals surface area contributed by atoms with Gasteiger partial charge in [0.2, 0.25) is 0 Å². The Morgan fingerprint density at radius 2 is 2.00 bits per heavy atom. The van der Waals surface area contributed by atoms with Gasteiger partial charge in [-0.3, -0.25) is 0 Å². The molecule has 0 fully saturated rings. The number of benzene rings is 2. The Hall–Kier alpha value is -1.72. The van der Waals surface area contributed by atoms with E-state index >= 15 is 0 Å². The van der Waals surface area contributed by atoms with Crippen LogP contribution < -0.4 is 5.32 Å². The Morgan fingerprint density at radius 3 is 2.80 bits per heavy atom. The molecule has 0 bridgehead atoms. The average Bonchev–Trinajstić information content (AvgIpc) is 2.91. The summed E-state index contributed by atoms with van der Waals surface area (Å²) >= 11 is 7.34. The number of halogens is 2. The van der Waals surface area contributed by atoms with Crippen LogP contribution >= 0.6 is 23.3 Å². The highest BCUT2D eigenvalue weighted by molar-refractivity contribution is 7.00. The third-order valence-corrected chi connectivity index (χ3v) is 3.97. The minimum Gasteiger partial charge on any atom is -0.375 e. The van der Waals surface area contributed by atoms with E-state index in [4.69, 9.17) is 11.6 Å². The van der Waals surface area contributed by atoms with Crippen LogP contribution in [0.2, 0.25) is 5.02 Å². The average molecular weight is 308 g/mol. The van der Waals surface area contributed by atoms with Gasteiger partial charge in [0.15, 0.2) is 0 Å². The van der Waals surface area contributed by atoms with Crippen molar-refractivity contribution in [3.63, 3.8) is 0 Å². The van der Waals surface area contributed by atoms with Crippen LogP contribution in [0, 0.1) is 5.82 Å². The second kappa shape index (κ2) is 5.34. The number of hydrogen-bond donors (Lipinski definition) is 1. The fourth-order valence-corrected chi connectivity index (χ4v) is 2.83. The van der Waals surface area contributed by atoms with Gasteiger partial charge in [-0.05, 0) is 25.1 Å². The number of nitrogens with zero attached hydrogens (tertiary/aromatic N) is 2. The number of nitrogens with one attached hydrogen (secondary N) is 1. The molecule has 2 aromatic carbocycles. The largest absolute Gasteiger partial charge is 0.375 e. The SMILES string of the molecule is CC(Nc1c(Cl)ccc2nsnc12)c1ccccc1F. The standard InChI is InChI=1S/C14H11ClFN3S/c1-8(9-4-2-3-5-11(9)16)17-13-10(15)6-7-12-14(13)19-20-18-12/h2-8,17H,1H3. The van der Waals surface area contributed by atoms with Gasteiger partial charge in [0, 0.05) is 5.56 Å². The highest BCUT2D eigenvalue weighted by Gasteiger charge is 2.15. The van der Waals surface area contributed by atoms with Crippen LogP contribution in [-0.4, -0.2) is 8.75 Å². The van der Waals surface area contributed by atoms with E-state index in [1.165, 1.54) is 6.07 Å². The molecule has 3 nitrogen and oxygen atoms in total. The van der Waals surface area contributed by atoms with Gasteiger partial charge in [-0.2, -0.15) is 8.75 Å². The van der Waals surface area contributed by atoms with Crippen LogP contribution in [0.3, 0.4) is 0 Å². The minimum atomic E-state index is -0.243. The topological polar surface area (TPSA) is 37.8 Å². The summed E-state index contributed by atoms with van der Waals surface area (Å²) in [4.78, 5) is 0. The number of anilines is 1. The lowest BCUT2D eigenvalue weighted by Crippen LogP contribution is -2.09. The predicted octanol–water partition coefficient (Wildman–Crippen LogP) is 4.66. The first-order valence-corrected chi connectivity index (χ1v) is 7.19. The number of rotatable bonds is 3. The van der Waals surface area contributed by atoms with Crippen molar-refractivity contribution in [2.24, 2.45) is 0 Å². The van der Waals surface area contributed by atoms with Crippen LogP contribution in [0.1, 0.15) is 18.5 Å². The Bertz CT molecular complexity index is 759. The van der Waals surface area contributed by atoms with E-state index in [0.29, 0.717) is 21.8 Å². The van der Waals surface area contributed by atoms with Crippen LogP contribution in [0.25, 0.3) is 11.0 Å². The Labute approximate surface area is 124 Å². The fourth-order valence-electron chi connectivity index (χ4n) is 2.08. The third kappa shape index (κ3) is 2.34. The van der Waals surface area contributed by atoms with Crippen molar-refractivity contribution in [2.75, 3.05) is 5.32 Å². The van der Waals surface area contributed by atoms with Crippen LogP contribution in [0.15, 0.2) is 36.4 Å². The molecule has 1 N–H and O–H groups in total. The van der Waals surface area contributed by atoms with Gasteiger partial charge in [0.05, 0.1) is 28.5 Å². The van der Waals surface area contributed by atoms with Crippen molar-refractivity contribution in [2.45, 2.75) is 13.0 Å². The minimum absolute atomic E-state index is 0.221. The summed E-state index contributed by atoms with van der Waals surface area (Å²) in [5.41, 5.74) is 2.77. The molecular formula is C14H11ClFN3S. The third-order valence-electron chi connectivity index (χ3n) is 3.11. The van der Waals surface area contributed by atoms with Gasteiger partial charge in [0.1, 0.15) is 16.9 Å². The van der Waals surface area contributed by atoms with E-state index in [1.807, 2.05) is 19.1 Å². The maximum atomic E-state index is 13.8. The molecule has 0 spiro atoms. The second-order valence-electron chi connectivity index (χ2n) is 4.44. The van der Waals surface area contributed by atoms with Crippen molar-refractivity contribution in [3.05, 3.63) is 52.8 Å². The summed E-state index contributed by atoms with van der Waals surface area (Å²) in [7, 11) is 0. The van der Waals surface area contributed by atoms with E-state index in [1.54, 1.807) is 18.2 Å². The Balaban J connectivity index is 1.99. The summed E-state index contributed by atoms with van der Waals surface area (Å²) in [6.45, 7) is 1.88. The number of aromatic nitrogens is 2. The van der Waals surface area contributed by atoms with Crippen LogP contribution in [-0.2, 0) is 0 Å². The molecule has 0 aliphatic heterocycles. The molecule has 3 rings (SSSR count). The first-order chi connectivity index (χ1) is 9.66. The highest BCUT2D eigenvalue weighted by atomic mass is 35.5. The van der Waals surface area contributed by atoms with Gasteiger partial charge in [0.25, 0.3) is 0 Å². The summed E-state index contributed by atoms with van der Waals surface area (Å²) in [5, 5.41) is 3.78. The molecule has 1 unspecified atom stereocenters. The molecular weight excluding hydrogens is 297 g/mol. The Morgan fingerprint density at radius 1 is 1.20 bits per heavy atom. The normalized spacial score (nSPS) is 12.6. The maximum Gasteiger partial charge on any atom is 0.129 e. The zero-order valence-electron chi connectivity index (χ0n) is 10.6. The van der Waals surface area contributed by atoms with Gasteiger partial charge in [-0.1, -0.05) is 29.8 Å². The molecule has 3 aromatic rings. The zero-order valence-corrected chi connectivity index (χ0v) is 12.2. The monoisotopic (exact) mass is 307 g/mol. The van der Waals surface area contributed by atoms with Crippen molar-refractivity contribution in [1.29, 1.82) is 0 Å². The summed E-state index contributed by atoms with van der Waals surface area (Å²) in [5.74, 6) is -0.243. The van der Waals surface area contributed by atoms with Gasteiger partial charge >= 0.3 is 0 Å². The van der Waals surface area contributed by atoms with Gasteiger partial charge in [-0.25, -0.2) is 4.39 Å². The lowest BCUT2D eigenvalue weighted by atomic mass is 10.1. The summed E-state index contributed by atoms with van der Waals surface area (Å²) in [6, 6.07) is 10.0. The van der Waals surface area contributed by atoms with Crippen LogP contribution in [0.5, 0.6) is 0 Å². The Kier molecular flexibility index (Phi) is 3.54. The highest BCUT2D eigenvalue weighted by Crippen LogP contribution is 2.33. The first-order valence-electron chi connectivity index (χ1n) is 6.08.